The van der Waals surface area contributed by atoms with Crippen LogP contribution in [-0.2, 0) is 32.0 Å². The Bertz CT molecular complexity index is 1250. The number of carbonyl (C=O) groups is 4. The predicted octanol–water partition coefficient (Wildman–Crippen LogP) is 9.86. The zero-order chi connectivity index (χ0) is 37.4. The van der Waals surface area contributed by atoms with E-state index in [0.717, 1.165) is 49.7 Å². The lowest BCUT2D eigenvalue weighted by Crippen LogP contribution is -2.33. The third-order valence-corrected chi connectivity index (χ3v) is 9.89. The van der Waals surface area contributed by atoms with Crippen molar-refractivity contribution < 1.29 is 38.9 Å². The molecule has 0 heterocycles. The summed E-state index contributed by atoms with van der Waals surface area (Å²) in [5, 5.41) is 20.0. The van der Waals surface area contributed by atoms with Crippen LogP contribution < -0.4 is 9.47 Å². The van der Waals surface area contributed by atoms with Crippen LogP contribution >= 0.6 is 0 Å². The van der Waals surface area contributed by atoms with Crippen molar-refractivity contribution in [3.05, 3.63) is 47.5 Å². The standard InChI is InChI=1S/C43H64O8/c1-5-7-9-11-13-15-17-19-36(44)34(38(46)25-21-32-23-27-40(48)42(29-32)50-3)31-35(37(45)20-18-16-14-12-10-8-6-2)39(47)26-22-33-24-28-41(49)43(30-33)51-4/h23-24,27-30,34-35,48-49H,5-22,25-26,31H2,1-4H3. The van der Waals surface area contributed by atoms with Crippen LogP contribution in [0, 0.1) is 11.8 Å². The second kappa shape index (κ2) is 25.3. The number of benzene rings is 2. The molecular formula is C43H64O8. The van der Waals surface area contributed by atoms with Gasteiger partial charge in [0.15, 0.2) is 23.0 Å². The molecule has 2 aromatic carbocycles. The summed E-state index contributed by atoms with van der Waals surface area (Å²) in [7, 11) is 2.92. The molecule has 51 heavy (non-hydrogen) atoms. The lowest BCUT2D eigenvalue weighted by molar-refractivity contribution is -0.137. The molecule has 2 atom stereocenters. The molecule has 2 rings (SSSR count). The Hall–Kier alpha value is -3.68. The Balaban J connectivity index is 2.24. The van der Waals surface area contributed by atoms with Crippen LogP contribution in [0.25, 0.3) is 0 Å². The number of hydrogen-bond acceptors (Lipinski definition) is 8. The average Bonchev–Trinajstić information content (AvgIpc) is 3.13. The lowest BCUT2D eigenvalue weighted by atomic mass is 9.79. The van der Waals surface area contributed by atoms with Crippen molar-refractivity contribution in [2.45, 2.75) is 149 Å². The molecule has 0 aliphatic heterocycles. The van der Waals surface area contributed by atoms with E-state index < -0.39 is 11.8 Å². The van der Waals surface area contributed by atoms with E-state index in [1.54, 1.807) is 24.3 Å². The first kappa shape index (κ1) is 43.5. The number of ketones is 4. The molecule has 8 heteroatoms. The molecular weight excluding hydrogens is 644 g/mol. The van der Waals surface area contributed by atoms with Crippen LogP contribution in [0.15, 0.2) is 36.4 Å². The second-order valence-electron chi connectivity index (χ2n) is 14.0. The monoisotopic (exact) mass is 708 g/mol. The van der Waals surface area contributed by atoms with Gasteiger partial charge < -0.3 is 19.7 Å². The van der Waals surface area contributed by atoms with E-state index in [1.807, 2.05) is 0 Å². The molecule has 0 aromatic heterocycles. The van der Waals surface area contributed by atoms with Crippen LogP contribution in [0.5, 0.6) is 23.0 Å². The fourth-order valence-electron chi connectivity index (χ4n) is 6.62. The number of aromatic hydroxyl groups is 2. The number of Topliss-reactive ketones (excluding diaryl/α,β-unsaturated/α-hetero) is 4. The molecule has 0 aliphatic rings. The number of ether oxygens (including phenoxy) is 2. The third kappa shape index (κ3) is 16.5. The van der Waals surface area contributed by atoms with Crippen molar-refractivity contribution in [3.63, 3.8) is 0 Å². The van der Waals surface area contributed by atoms with Gasteiger partial charge >= 0.3 is 0 Å². The molecule has 0 radical (unpaired) electrons. The maximum Gasteiger partial charge on any atom is 0.160 e. The van der Waals surface area contributed by atoms with E-state index in [4.69, 9.17) is 9.47 Å². The summed E-state index contributed by atoms with van der Waals surface area (Å²) in [6.07, 6.45) is 15.8. The molecule has 0 spiro atoms. The highest BCUT2D eigenvalue weighted by Crippen LogP contribution is 2.30. The van der Waals surface area contributed by atoms with Gasteiger partial charge in [0.05, 0.1) is 26.1 Å². The molecule has 2 N–H and O–H groups in total. The van der Waals surface area contributed by atoms with Crippen LogP contribution in [0.2, 0.25) is 0 Å². The quantitative estimate of drug-likeness (QED) is 0.0607. The summed E-state index contributed by atoms with van der Waals surface area (Å²) in [6, 6.07) is 9.82. The number of aryl methyl sites for hydroxylation is 2. The van der Waals surface area contributed by atoms with Crippen molar-refractivity contribution in [2.75, 3.05) is 14.2 Å². The molecule has 0 saturated heterocycles. The van der Waals surface area contributed by atoms with Gasteiger partial charge in [0.25, 0.3) is 0 Å². The highest BCUT2D eigenvalue weighted by molar-refractivity contribution is 6.06. The normalized spacial score (nSPS) is 12.3. The topological polar surface area (TPSA) is 127 Å². The maximum absolute atomic E-state index is 13.9. The number of phenolic OH excluding ortho intramolecular Hbond substituents is 2. The van der Waals surface area contributed by atoms with Crippen molar-refractivity contribution in [1.82, 2.24) is 0 Å². The minimum absolute atomic E-state index is 0.00176. The summed E-state index contributed by atoms with van der Waals surface area (Å²) in [4.78, 5) is 55.3. The van der Waals surface area contributed by atoms with Crippen LogP contribution in [0.4, 0.5) is 0 Å². The van der Waals surface area contributed by atoms with Gasteiger partial charge in [-0.05, 0) is 67.5 Å². The van der Waals surface area contributed by atoms with Gasteiger partial charge in [-0.25, -0.2) is 0 Å². The van der Waals surface area contributed by atoms with Crippen LogP contribution in [0.3, 0.4) is 0 Å². The number of phenols is 2. The predicted molar refractivity (Wildman–Crippen MR) is 203 cm³/mol. The molecule has 0 bridgehead atoms. The molecule has 0 aliphatic carbocycles. The third-order valence-electron chi connectivity index (χ3n) is 9.89. The Labute approximate surface area is 306 Å². The van der Waals surface area contributed by atoms with E-state index >= 15 is 0 Å². The van der Waals surface area contributed by atoms with Crippen molar-refractivity contribution >= 4 is 23.1 Å². The van der Waals surface area contributed by atoms with Crippen molar-refractivity contribution in [2.24, 2.45) is 11.8 Å². The minimum atomic E-state index is -1.04. The van der Waals surface area contributed by atoms with Gasteiger partial charge in [-0.1, -0.05) is 103 Å². The number of carbonyl (C=O) groups excluding carboxylic acids is 4. The molecule has 2 aromatic rings. The summed E-state index contributed by atoms with van der Waals surface area (Å²) in [6.45, 7) is 4.35. The number of rotatable bonds is 30. The van der Waals surface area contributed by atoms with Crippen LogP contribution in [0.1, 0.15) is 147 Å². The first-order valence-electron chi connectivity index (χ1n) is 19.5. The Morgan fingerprint density at radius 2 is 0.843 bits per heavy atom. The summed E-state index contributed by atoms with van der Waals surface area (Å²) in [5.41, 5.74) is 1.56. The van der Waals surface area contributed by atoms with Crippen molar-refractivity contribution in [1.29, 1.82) is 0 Å². The first-order valence-corrected chi connectivity index (χ1v) is 19.5. The fourth-order valence-corrected chi connectivity index (χ4v) is 6.62. The molecule has 0 saturated carbocycles. The largest absolute Gasteiger partial charge is 0.504 e. The van der Waals surface area contributed by atoms with E-state index in [2.05, 4.69) is 13.8 Å². The molecule has 0 fully saturated rings. The summed E-state index contributed by atoms with van der Waals surface area (Å²) in [5.74, 6) is -2.37. The smallest absolute Gasteiger partial charge is 0.160 e. The fraction of sp³-hybridized carbons (Fsp3) is 0.628. The highest BCUT2D eigenvalue weighted by atomic mass is 16.5. The Morgan fingerprint density at radius 3 is 1.20 bits per heavy atom. The Morgan fingerprint density at radius 1 is 0.510 bits per heavy atom. The summed E-state index contributed by atoms with van der Waals surface area (Å²) < 4.78 is 10.4. The van der Waals surface area contributed by atoms with Gasteiger partial charge in [0.2, 0.25) is 0 Å². The average molecular weight is 709 g/mol. The lowest BCUT2D eigenvalue weighted by Gasteiger charge is -2.21. The van der Waals surface area contributed by atoms with E-state index in [0.29, 0.717) is 37.2 Å². The first-order chi connectivity index (χ1) is 24.6. The zero-order valence-corrected chi connectivity index (χ0v) is 31.8. The second-order valence-corrected chi connectivity index (χ2v) is 14.0. The van der Waals surface area contributed by atoms with Gasteiger partial charge in [-0.3, -0.25) is 19.2 Å². The van der Waals surface area contributed by atoms with Crippen molar-refractivity contribution in [3.8, 4) is 23.0 Å². The molecule has 8 nitrogen and oxygen atoms in total. The summed E-state index contributed by atoms with van der Waals surface area (Å²) >= 11 is 0. The van der Waals surface area contributed by atoms with Crippen LogP contribution in [-0.4, -0.2) is 47.6 Å². The maximum atomic E-state index is 13.9. The van der Waals surface area contributed by atoms with Gasteiger partial charge in [0, 0.05) is 25.7 Å². The van der Waals surface area contributed by atoms with E-state index in [9.17, 15) is 29.4 Å². The van der Waals surface area contributed by atoms with E-state index in [-0.39, 0.29) is 66.7 Å². The highest BCUT2D eigenvalue weighted by Gasteiger charge is 2.35. The van der Waals surface area contributed by atoms with Gasteiger partial charge in [-0.15, -0.1) is 0 Å². The minimum Gasteiger partial charge on any atom is -0.504 e. The SMILES string of the molecule is CCCCCCCCCC(=O)C(CC(C(=O)CCCCCCCCC)C(=O)CCc1ccc(O)c(OC)c1)C(=O)CCc1ccc(O)c(OC)c1. The van der Waals surface area contributed by atoms with Gasteiger partial charge in [0.1, 0.15) is 23.1 Å². The number of hydrogen-bond donors (Lipinski definition) is 2. The number of unbranched alkanes of at least 4 members (excludes halogenated alkanes) is 12. The molecule has 284 valence electrons. The Kier molecular flexibility index (Phi) is 21.6. The zero-order valence-electron chi connectivity index (χ0n) is 31.8. The van der Waals surface area contributed by atoms with Gasteiger partial charge in [-0.2, -0.15) is 0 Å². The molecule has 2 unspecified atom stereocenters. The number of methoxy groups -OCH3 is 2. The molecule has 0 amide bonds. The van der Waals surface area contributed by atoms with E-state index in [1.165, 1.54) is 64.9 Å².